The summed E-state index contributed by atoms with van der Waals surface area (Å²) in [7, 11) is 0. The molecule has 0 aliphatic rings. The monoisotopic (exact) mass is 249 g/mol. The lowest BCUT2D eigenvalue weighted by molar-refractivity contribution is 0.0677. The Morgan fingerprint density at radius 3 is 2.50 bits per heavy atom. The number of aromatic carboxylic acids is 2. The lowest BCUT2D eigenvalue weighted by Gasteiger charge is -2.00. The van der Waals surface area contributed by atoms with E-state index in [1.165, 1.54) is 24.3 Å². The molecular weight excluding hydrogens is 242 g/mol. The molecule has 3 N–H and O–H groups in total. The third-order valence-electron chi connectivity index (χ3n) is 2.16. The van der Waals surface area contributed by atoms with Crippen molar-refractivity contribution < 1.29 is 19.8 Å². The van der Waals surface area contributed by atoms with Crippen LogP contribution in [0.25, 0.3) is 5.69 Å². The van der Waals surface area contributed by atoms with Gasteiger partial charge in [-0.3, -0.25) is 4.98 Å². The van der Waals surface area contributed by atoms with Gasteiger partial charge in [0, 0.05) is 0 Å². The number of aromatic nitrogens is 3. The zero-order valence-corrected chi connectivity index (χ0v) is 8.82. The molecule has 92 valence electrons. The molecular formula is C10H7N3O5. The van der Waals surface area contributed by atoms with E-state index in [4.69, 9.17) is 10.2 Å². The number of carbonyl (C=O) groups is 2. The van der Waals surface area contributed by atoms with Crippen LogP contribution in [-0.4, -0.2) is 36.9 Å². The molecule has 1 aromatic carbocycles. The van der Waals surface area contributed by atoms with Crippen LogP contribution in [0.2, 0.25) is 0 Å². The van der Waals surface area contributed by atoms with Crippen molar-refractivity contribution in [3.8, 4) is 5.69 Å². The van der Waals surface area contributed by atoms with E-state index in [-0.39, 0.29) is 11.3 Å². The number of carboxylic acid groups (broad SMARTS) is 2. The number of nitrogens with zero attached hydrogens (tertiary/aromatic N) is 2. The fourth-order valence-corrected chi connectivity index (χ4v) is 1.37. The molecule has 0 saturated carbocycles. The van der Waals surface area contributed by atoms with Gasteiger partial charge in [0.05, 0.1) is 11.3 Å². The van der Waals surface area contributed by atoms with Gasteiger partial charge in [0.1, 0.15) is 0 Å². The Bertz CT molecular complexity index is 685. The predicted octanol–water partition coefficient (Wildman–Crippen LogP) is -0.0430. The van der Waals surface area contributed by atoms with E-state index in [1.807, 2.05) is 4.98 Å². The molecule has 1 aromatic heterocycles. The predicted molar refractivity (Wildman–Crippen MR) is 58.1 cm³/mol. The molecule has 0 bridgehead atoms. The smallest absolute Gasteiger partial charge is 0.373 e. The summed E-state index contributed by atoms with van der Waals surface area (Å²) in [6.45, 7) is 0. The van der Waals surface area contributed by atoms with Crippen LogP contribution in [0.15, 0.2) is 29.1 Å². The number of aromatic amines is 1. The van der Waals surface area contributed by atoms with Crippen LogP contribution in [0, 0.1) is 0 Å². The number of hydrogen-bond acceptors (Lipinski definition) is 4. The van der Waals surface area contributed by atoms with Crippen LogP contribution in [0.3, 0.4) is 0 Å². The Hall–Kier alpha value is -2.90. The van der Waals surface area contributed by atoms with Crippen LogP contribution < -0.4 is 5.69 Å². The summed E-state index contributed by atoms with van der Waals surface area (Å²) >= 11 is 0. The lowest BCUT2D eigenvalue weighted by Crippen LogP contribution is -2.16. The molecule has 8 heteroatoms. The van der Waals surface area contributed by atoms with Crippen molar-refractivity contribution in [2.75, 3.05) is 0 Å². The van der Waals surface area contributed by atoms with Crippen molar-refractivity contribution in [2.24, 2.45) is 0 Å². The van der Waals surface area contributed by atoms with Crippen LogP contribution in [0.5, 0.6) is 0 Å². The first-order valence-electron chi connectivity index (χ1n) is 4.75. The third kappa shape index (κ3) is 1.98. The van der Waals surface area contributed by atoms with Crippen LogP contribution in [0.4, 0.5) is 0 Å². The summed E-state index contributed by atoms with van der Waals surface area (Å²) < 4.78 is 0.788. The van der Waals surface area contributed by atoms with Crippen LogP contribution in [-0.2, 0) is 0 Å². The number of hydrogen-bond donors (Lipinski definition) is 3. The Labute approximate surface area is 99.1 Å². The van der Waals surface area contributed by atoms with Crippen molar-refractivity contribution >= 4 is 11.9 Å². The summed E-state index contributed by atoms with van der Waals surface area (Å²) in [6, 6.07) is 5.44. The molecule has 0 fully saturated rings. The number of benzene rings is 1. The summed E-state index contributed by atoms with van der Waals surface area (Å²) in [6.07, 6.45) is 0. The molecule has 0 radical (unpaired) electrons. The molecule has 8 nitrogen and oxygen atoms in total. The minimum atomic E-state index is -1.37. The van der Waals surface area contributed by atoms with E-state index in [2.05, 4.69) is 5.10 Å². The minimum Gasteiger partial charge on any atom is -0.478 e. The second-order valence-corrected chi connectivity index (χ2v) is 3.35. The standard InChI is InChI=1S/C10H7N3O5/c14-8(15)5-2-1-3-6(4-5)13-10(18)11-7(12-13)9(16)17/h1-4H,(H,14,15)(H,16,17)(H,11,12,18). The maximum absolute atomic E-state index is 11.5. The first-order valence-corrected chi connectivity index (χ1v) is 4.75. The molecule has 2 rings (SSSR count). The fourth-order valence-electron chi connectivity index (χ4n) is 1.37. The van der Waals surface area contributed by atoms with Gasteiger partial charge in [-0.15, -0.1) is 5.10 Å². The van der Waals surface area contributed by atoms with Gasteiger partial charge in [-0.05, 0) is 18.2 Å². The van der Waals surface area contributed by atoms with Gasteiger partial charge in [0.2, 0.25) is 5.82 Å². The van der Waals surface area contributed by atoms with Gasteiger partial charge in [-0.2, -0.15) is 4.68 Å². The highest BCUT2D eigenvalue weighted by Crippen LogP contribution is 2.08. The number of rotatable bonds is 3. The lowest BCUT2D eigenvalue weighted by atomic mass is 10.2. The first kappa shape index (κ1) is 11.6. The van der Waals surface area contributed by atoms with Gasteiger partial charge in [-0.1, -0.05) is 6.07 Å². The molecule has 0 unspecified atom stereocenters. The van der Waals surface area contributed by atoms with Crippen molar-refractivity contribution in [2.45, 2.75) is 0 Å². The maximum atomic E-state index is 11.5. The Balaban J connectivity index is 2.55. The average molecular weight is 249 g/mol. The Kier molecular flexibility index (Phi) is 2.68. The summed E-state index contributed by atoms with van der Waals surface area (Å²) in [5.74, 6) is -3.04. The zero-order chi connectivity index (χ0) is 13.3. The van der Waals surface area contributed by atoms with Gasteiger partial charge >= 0.3 is 17.6 Å². The minimum absolute atomic E-state index is 0.0284. The SMILES string of the molecule is O=C(O)c1cccc(-n2nc(C(=O)O)[nH]c2=O)c1. The summed E-state index contributed by atoms with van der Waals surface area (Å²) in [4.78, 5) is 34.9. The quantitative estimate of drug-likeness (QED) is 0.700. The second kappa shape index (κ2) is 4.17. The molecule has 0 aliphatic carbocycles. The average Bonchev–Trinajstić information content (AvgIpc) is 2.72. The number of nitrogens with one attached hydrogen (secondary N) is 1. The van der Waals surface area contributed by atoms with Crippen molar-refractivity contribution in [3.63, 3.8) is 0 Å². The van der Waals surface area contributed by atoms with Crippen LogP contribution in [0.1, 0.15) is 21.0 Å². The van der Waals surface area contributed by atoms with E-state index in [0.717, 1.165) is 4.68 Å². The van der Waals surface area contributed by atoms with Crippen molar-refractivity contribution in [1.29, 1.82) is 0 Å². The molecule has 18 heavy (non-hydrogen) atoms. The Morgan fingerprint density at radius 1 is 1.22 bits per heavy atom. The molecule has 0 spiro atoms. The Morgan fingerprint density at radius 2 is 1.94 bits per heavy atom. The first-order chi connectivity index (χ1) is 8.49. The molecule has 0 amide bonds. The molecule has 0 aliphatic heterocycles. The van der Waals surface area contributed by atoms with Gasteiger partial charge < -0.3 is 10.2 Å². The highest BCUT2D eigenvalue weighted by Gasteiger charge is 2.13. The van der Waals surface area contributed by atoms with E-state index in [0.29, 0.717) is 0 Å². The van der Waals surface area contributed by atoms with E-state index in [9.17, 15) is 14.4 Å². The molecule has 0 atom stereocenters. The zero-order valence-electron chi connectivity index (χ0n) is 8.82. The highest BCUT2D eigenvalue weighted by molar-refractivity contribution is 5.88. The highest BCUT2D eigenvalue weighted by atomic mass is 16.4. The molecule has 2 aromatic rings. The second-order valence-electron chi connectivity index (χ2n) is 3.35. The summed E-state index contributed by atoms with van der Waals surface area (Å²) in [5, 5.41) is 21.0. The topological polar surface area (TPSA) is 125 Å². The number of H-pyrrole nitrogens is 1. The van der Waals surface area contributed by atoms with Gasteiger partial charge in [-0.25, -0.2) is 14.4 Å². The largest absolute Gasteiger partial charge is 0.478 e. The fraction of sp³-hybridized carbons (Fsp3) is 0. The third-order valence-corrected chi connectivity index (χ3v) is 2.16. The van der Waals surface area contributed by atoms with Crippen molar-refractivity contribution in [1.82, 2.24) is 14.8 Å². The van der Waals surface area contributed by atoms with E-state index < -0.39 is 23.5 Å². The number of carboxylic acids is 2. The van der Waals surface area contributed by atoms with E-state index >= 15 is 0 Å². The van der Waals surface area contributed by atoms with Gasteiger partial charge in [0.15, 0.2) is 0 Å². The summed E-state index contributed by atoms with van der Waals surface area (Å²) in [5.41, 5.74) is -0.613. The van der Waals surface area contributed by atoms with Crippen LogP contribution >= 0.6 is 0 Å². The van der Waals surface area contributed by atoms with Gasteiger partial charge in [0.25, 0.3) is 0 Å². The molecule has 1 heterocycles. The van der Waals surface area contributed by atoms with E-state index in [1.54, 1.807) is 0 Å². The molecule has 0 saturated heterocycles. The maximum Gasteiger partial charge on any atom is 0.373 e. The normalized spacial score (nSPS) is 10.2. The van der Waals surface area contributed by atoms with Crippen molar-refractivity contribution in [3.05, 3.63) is 46.1 Å².